The van der Waals surface area contributed by atoms with Crippen molar-refractivity contribution in [2.75, 3.05) is 0 Å². The van der Waals surface area contributed by atoms with Gasteiger partial charge in [-0.05, 0) is 38.2 Å². The topological polar surface area (TPSA) is 66.8 Å². The smallest absolute Gasteiger partial charge is 0.315 e. The van der Waals surface area contributed by atoms with E-state index < -0.39 is 5.60 Å². The minimum absolute atomic E-state index is 0.115. The van der Waals surface area contributed by atoms with Crippen molar-refractivity contribution in [1.82, 2.24) is 0 Å². The van der Waals surface area contributed by atoms with E-state index >= 15 is 0 Å². The monoisotopic (exact) mass is 260 g/mol. The molecule has 5 rings (SSSR count). The van der Waals surface area contributed by atoms with Crippen LogP contribution in [0.25, 0.3) is 0 Å². The van der Waals surface area contributed by atoms with Crippen LogP contribution in [0.3, 0.4) is 0 Å². The summed E-state index contributed by atoms with van der Waals surface area (Å²) in [5, 5.41) is 20.0. The van der Waals surface area contributed by atoms with Crippen molar-refractivity contribution in [1.29, 1.82) is 0 Å². The van der Waals surface area contributed by atoms with Gasteiger partial charge in [0.05, 0.1) is 11.5 Å². The summed E-state index contributed by atoms with van der Waals surface area (Å²) in [4.78, 5) is 12.2. The third-order valence-electron chi connectivity index (χ3n) is 5.32. The molecule has 19 heavy (non-hydrogen) atoms. The van der Waals surface area contributed by atoms with Crippen LogP contribution in [0.2, 0.25) is 0 Å². The summed E-state index contributed by atoms with van der Waals surface area (Å²) < 4.78 is 5.36. The first-order chi connectivity index (χ1) is 9.02. The van der Waals surface area contributed by atoms with Crippen LogP contribution in [0.1, 0.15) is 37.7 Å². The lowest BCUT2D eigenvalue weighted by Gasteiger charge is -2.56. The number of phenolic OH excluding ortho intramolecular Hbond substituents is 1. The number of hydrogen-bond acceptors (Lipinski definition) is 4. The molecule has 1 heterocycles. The highest BCUT2D eigenvalue weighted by atomic mass is 16.5. The molecule has 1 aliphatic heterocycles. The zero-order chi connectivity index (χ0) is 13.3. The van der Waals surface area contributed by atoms with E-state index in [2.05, 4.69) is 0 Å². The molecule has 1 aromatic rings. The average Bonchev–Trinajstić information content (AvgIpc) is 2.38. The van der Waals surface area contributed by atoms with Gasteiger partial charge in [0.15, 0.2) is 0 Å². The normalized spacial score (nSPS) is 39.4. The van der Waals surface area contributed by atoms with Gasteiger partial charge in [-0.25, -0.2) is 0 Å². The molecule has 4 heteroatoms. The Kier molecular flexibility index (Phi) is 1.97. The molecule has 3 fully saturated rings. The van der Waals surface area contributed by atoms with Crippen LogP contribution in [0, 0.1) is 5.92 Å². The summed E-state index contributed by atoms with van der Waals surface area (Å²) in [5.41, 5.74) is 0.152. The van der Waals surface area contributed by atoms with Crippen molar-refractivity contribution >= 4 is 5.97 Å². The van der Waals surface area contributed by atoms with Crippen molar-refractivity contribution in [3.8, 4) is 11.5 Å². The molecule has 4 aliphatic rings. The quantitative estimate of drug-likeness (QED) is 0.552. The highest BCUT2D eigenvalue weighted by Gasteiger charge is 2.60. The van der Waals surface area contributed by atoms with Gasteiger partial charge in [0.2, 0.25) is 0 Å². The van der Waals surface area contributed by atoms with E-state index in [-0.39, 0.29) is 23.1 Å². The molecule has 100 valence electrons. The molecular weight excluding hydrogens is 244 g/mol. The van der Waals surface area contributed by atoms with Crippen LogP contribution >= 0.6 is 0 Å². The van der Waals surface area contributed by atoms with Gasteiger partial charge in [0, 0.05) is 17.0 Å². The number of carbonyl (C=O) groups is 1. The maximum Gasteiger partial charge on any atom is 0.315 e. The van der Waals surface area contributed by atoms with E-state index in [0.717, 1.165) is 31.2 Å². The fraction of sp³-hybridized carbons (Fsp3) is 0.533. The number of phenols is 1. The Morgan fingerprint density at radius 3 is 2.68 bits per heavy atom. The van der Waals surface area contributed by atoms with E-state index in [1.54, 1.807) is 6.07 Å². The molecule has 0 amide bonds. The first-order valence-corrected chi connectivity index (χ1v) is 6.80. The summed E-state index contributed by atoms with van der Waals surface area (Å²) in [6.07, 6.45) is 3.64. The fourth-order valence-corrected chi connectivity index (χ4v) is 4.24. The standard InChI is InChI=1S/C15H16O4/c16-9-1-2-10-12(7-9)19-13(17)11-8-14(18)3-5-15(10,11)6-4-14/h1-2,7,11,16,18H,3-6,8H2/t11-,14-,15-/m0/s1. The molecule has 0 saturated heterocycles. The lowest BCUT2D eigenvalue weighted by molar-refractivity contribution is -0.162. The Morgan fingerprint density at radius 2 is 1.95 bits per heavy atom. The number of rotatable bonds is 0. The van der Waals surface area contributed by atoms with Gasteiger partial charge < -0.3 is 14.9 Å². The molecule has 2 N–H and O–H groups in total. The van der Waals surface area contributed by atoms with Crippen LogP contribution < -0.4 is 4.74 Å². The summed E-state index contributed by atoms with van der Waals surface area (Å²) in [7, 11) is 0. The van der Waals surface area contributed by atoms with E-state index in [4.69, 9.17) is 4.74 Å². The lowest BCUT2D eigenvalue weighted by Crippen LogP contribution is -2.58. The molecule has 0 radical (unpaired) electrons. The molecule has 2 bridgehead atoms. The molecule has 3 saturated carbocycles. The summed E-state index contributed by atoms with van der Waals surface area (Å²) in [5.74, 6) is 0.117. The Balaban J connectivity index is 1.90. The maximum absolute atomic E-state index is 12.2. The van der Waals surface area contributed by atoms with Crippen molar-refractivity contribution in [2.45, 2.75) is 43.1 Å². The van der Waals surface area contributed by atoms with E-state index in [9.17, 15) is 15.0 Å². The van der Waals surface area contributed by atoms with E-state index in [0.29, 0.717) is 12.2 Å². The highest BCUT2D eigenvalue weighted by molar-refractivity contribution is 5.81. The van der Waals surface area contributed by atoms with Crippen molar-refractivity contribution < 1.29 is 19.7 Å². The molecule has 4 nitrogen and oxygen atoms in total. The Hall–Kier alpha value is -1.55. The lowest BCUT2D eigenvalue weighted by atomic mass is 9.50. The minimum Gasteiger partial charge on any atom is -0.508 e. The Labute approximate surface area is 111 Å². The fourth-order valence-electron chi connectivity index (χ4n) is 4.24. The van der Waals surface area contributed by atoms with Crippen LogP contribution in [0.15, 0.2) is 18.2 Å². The van der Waals surface area contributed by atoms with Crippen LogP contribution in [0.4, 0.5) is 0 Å². The molecule has 3 aliphatic carbocycles. The molecule has 1 spiro atoms. The van der Waals surface area contributed by atoms with Crippen molar-refractivity contribution in [3.63, 3.8) is 0 Å². The highest BCUT2D eigenvalue weighted by Crippen LogP contribution is 2.60. The first kappa shape index (κ1) is 11.3. The second-order valence-corrected chi connectivity index (χ2v) is 6.24. The van der Waals surface area contributed by atoms with Crippen molar-refractivity contribution in [2.24, 2.45) is 5.92 Å². The number of aliphatic hydroxyl groups is 1. The number of carbonyl (C=O) groups excluding carboxylic acids is 1. The van der Waals surface area contributed by atoms with Crippen LogP contribution in [-0.4, -0.2) is 21.8 Å². The SMILES string of the molecule is O=C1Oc2cc(O)ccc2[C@]23CC[C@](O)(CC2)C[C@@H]13. The molecule has 0 aromatic heterocycles. The van der Waals surface area contributed by atoms with Gasteiger partial charge >= 0.3 is 5.97 Å². The van der Waals surface area contributed by atoms with Gasteiger partial charge in [0.25, 0.3) is 0 Å². The largest absolute Gasteiger partial charge is 0.508 e. The molecular formula is C15H16O4. The second-order valence-electron chi connectivity index (χ2n) is 6.24. The van der Waals surface area contributed by atoms with Gasteiger partial charge in [0.1, 0.15) is 11.5 Å². The van der Waals surface area contributed by atoms with Gasteiger partial charge in [-0.15, -0.1) is 0 Å². The first-order valence-electron chi connectivity index (χ1n) is 6.80. The number of fused-ring (bicyclic) bond motifs is 3. The third-order valence-corrected chi connectivity index (χ3v) is 5.32. The summed E-state index contributed by atoms with van der Waals surface area (Å²) in [6, 6.07) is 5.05. The number of esters is 1. The Morgan fingerprint density at radius 1 is 1.21 bits per heavy atom. The number of aromatic hydroxyl groups is 1. The van der Waals surface area contributed by atoms with Gasteiger partial charge in [-0.1, -0.05) is 6.07 Å². The van der Waals surface area contributed by atoms with Gasteiger partial charge in [-0.2, -0.15) is 0 Å². The number of ether oxygens (including phenoxy) is 1. The second kappa shape index (κ2) is 3.31. The predicted molar refractivity (Wildman–Crippen MR) is 66.9 cm³/mol. The third kappa shape index (κ3) is 1.35. The number of hydrogen-bond donors (Lipinski definition) is 2. The maximum atomic E-state index is 12.2. The average molecular weight is 260 g/mol. The zero-order valence-electron chi connectivity index (χ0n) is 10.6. The van der Waals surface area contributed by atoms with Crippen LogP contribution in [0.5, 0.6) is 11.5 Å². The van der Waals surface area contributed by atoms with Gasteiger partial charge in [-0.3, -0.25) is 4.79 Å². The zero-order valence-corrected chi connectivity index (χ0v) is 10.6. The predicted octanol–water partition coefficient (Wildman–Crippen LogP) is 1.87. The van der Waals surface area contributed by atoms with Crippen molar-refractivity contribution in [3.05, 3.63) is 23.8 Å². The van der Waals surface area contributed by atoms with E-state index in [1.165, 1.54) is 6.07 Å². The molecule has 1 atom stereocenters. The summed E-state index contributed by atoms with van der Waals surface area (Å²) in [6.45, 7) is 0. The summed E-state index contributed by atoms with van der Waals surface area (Å²) >= 11 is 0. The van der Waals surface area contributed by atoms with Crippen LogP contribution in [-0.2, 0) is 10.2 Å². The Bertz CT molecular complexity index is 570. The molecule has 1 aromatic carbocycles. The minimum atomic E-state index is -0.681. The number of benzene rings is 1. The van der Waals surface area contributed by atoms with E-state index in [1.807, 2.05) is 6.07 Å². The molecule has 0 unspecified atom stereocenters.